The van der Waals surface area contributed by atoms with Gasteiger partial charge in [-0.15, -0.1) is 0 Å². The van der Waals surface area contributed by atoms with Crippen LogP contribution in [-0.2, 0) is 22.7 Å². The third-order valence-electron chi connectivity index (χ3n) is 6.68. The lowest BCUT2D eigenvalue weighted by molar-refractivity contribution is -0.151. The quantitative estimate of drug-likeness (QED) is 0.387. The van der Waals surface area contributed by atoms with E-state index < -0.39 is 0 Å². The number of nitrogens with one attached hydrogen (secondary N) is 2. The summed E-state index contributed by atoms with van der Waals surface area (Å²) in [6, 6.07) is 16.0. The van der Waals surface area contributed by atoms with Crippen molar-refractivity contribution in [2.45, 2.75) is 33.9 Å². The van der Waals surface area contributed by atoms with Gasteiger partial charge in [0.15, 0.2) is 5.76 Å². The highest BCUT2D eigenvalue weighted by Gasteiger charge is 2.27. The molecule has 4 rings (SSSR count). The van der Waals surface area contributed by atoms with E-state index in [-0.39, 0.29) is 24.9 Å². The van der Waals surface area contributed by atoms with Crippen molar-refractivity contribution in [2.75, 3.05) is 45.1 Å². The van der Waals surface area contributed by atoms with Crippen molar-refractivity contribution < 1.29 is 14.1 Å². The summed E-state index contributed by atoms with van der Waals surface area (Å²) in [6.45, 7) is 9.22. The maximum Gasteiger partial charge on any atom is 0.256 e. The average molecular weight is 505 g/mol. The second-order valence-corrected chi connectivity index (χ2v) is 9.39. The molecule has 0 saturated heterocycles. The molecule has 0 radical (unpaired) electrons. The molecule has 2 amide bonds. The van der Waals surface area contributed by atoms with E-state index in [0.717, 1.165) is 29.1 Å². The lowest BCUT2D eigenvalue weighted by Gasteiger charge is -2.31. The molecule has 0 aliphatic carbocycles. The summed E-state index contributed by atoms with van der Waals surface area (Å²) in [7, 11) is 1.78. The number of fused-ring (bicyclic) bond motifs is 1. The number of hydrazine groups is 1. The molecule has 0 unspecified atom stereocenters. The van der Waals surface area contributed by atoms with Crippen LogP contribution in [0.2, 0.25) is 0 Å². The molecule has 0 saturated carbocycles. The Kier molecular flexibility index (Phi) is 8.58. The van der Waals surface area contributed by atoms with Crippen LogP contribution in [0.4, 0.5) is 5.69 Å². The molecule has 3 aromatic rings. The second kappa shape index (κ2) is 12.0. The Morgan fingerprint density at radius 3 is 2.43 bits per heavy atom. The molecule has 9 heteroatoms. The monoisotopic (exact) mass is 504 g/mol. The van der Waals surface area contributed by atoms with Crippen LogP contribution in [0.3, 0.4) is 0 Å². The van der Waals surface area contributed by atoms with E-state index in [4.69, 9.17) is 4.52 Å². The minimum absolute atomic E-state index is 0.0195. The van der Waals surface area contributed by atoms with Gasteiger partial charge in [-0.1, -0.05) is 48.5 Å². The first-order valence-electron chi connectivity index (χ1n) is 12.7. The first kappa shape index (κ1) is 26.4. The maximum atomic E-state index is 13.3. The van der Waals surface area contributed by atoms with Gasteiger partial charge < -0.3 is 20.1 Å². The van der Waals surface area contributed by atoms with E-state index in [1.54, 1.807) is 17.0 Å². The van der Waals surface area contributed by atoms with Crippen molar-refractivity contribution in [3.63, 3.8) is 0 Å². The SMILES string of the molecule is CCNCCN(CC(=O)N(C)N1Cc2ccccc2C1)C(=O)CNc1cc(-c2cc(C)no2)ccc1C. The van der Waals surface area contributed by atoms with E-state index in [0.29, 0.717) is 31.9 Å². The van der Waals surface area contributed by atoms with Crippen molar-refractivity contribution in [1.82, 2.24) is 25.4 Å². The fourth-order valence-electron chi connectivity index (χ4n) is 4.38. The number of hydrogen-bond acceptors (Lipinski definition) is 7. The number of rotatable bonds is 11. The van der Waals surface area contributed by atoms with Crippen molar-refractivity contribution in [3.05, 3.63) is 70.9 Å². The Labute approximate surface area is 218 Å². The molecule has 0 fully saturated rings. The molecule has 2 aromatic carbocycles. The number of nitrogens with zero attached hydrogens (tertiary/aromatic N) is 4. The molecule has 196 valence electrons. The summed E-state index contributed by atoms with van der Waals surface area (Å²) in [4.78, 5) is 28.1. The van der Waals surface area contributed by atoms with Crippen LogP contribution in [0, 0.1) is 13.8 Å². The molecule has 0 bridgehead atoms. The van der Waals surface area contributed by atoms with Crippen molar-refractivity contribution in [2.24, 2.45) is 0 Å². The van der Waals surface area contributed by atoms with Gasteiger partial charge in [0.05, 0.1) is 12.2 Å². The average Bonchev–Trinajstić information content (AvgIpc) is 3.53. The van der Waals surface area contributed by atoms with Crippen LogP contribution in [0.1, 0.15) is 29.3 Å². The van der Waals surface area contributed by atoms with Crippen LogP contribution < -0.4 is 10.6 Å². The molecule has 1 aliphatic heterocycles. The van der Waals surface area contributed by atoms with Crippen LogP contribution >= 0.6 is 0 Å². The normalized spacial score (nSPS) is 12.9. The van der Waals surface area contributed by atoms with E-state index >= 15 is 0 Å². The molecule has 2 heterocycles. The summed E-state index contributed by atoms with van der Waals surface area (Å²) < 4.78 is 5.39. The van der Waals surface area contributed by atoms with Gasteiger partial charge in [-0.25, -0.2) is 5.01 Å². The van der Waals surface area contributed by atoms with Crippen LogP contribution in [0.25, 0.3) is 11.3 Å². The Hall–Kier alpha value is -3.69. The third-order valence-corrected chi connectivity index (χ3v) is 6.68. The first-order valence-corrected chi connectivity index (χ1v) is 12.7. The molecule has 37 heavy (non-hydrogen) atoms. The topological polar surface area (TPSA) is 94.0 Å². The number of carbonyl (C=O) groups is 2. The van der Waals surface area contributed by atoms with Crippen LogP contribution in [0.15, 0.2) is 53.1 Å². The predicted octanol–water partition coefficient (Wildman–Crippen LogP) is 3.20. The molecular formula is C28H36N6O3. The van der Waals surface area contributed by atoms with Gasteiger partial charge in [-0.3, -0.25) is 14.6 Å². The highest BCUT2D eigenvalue weighted by Crippen LogP contribution is 2.26. The van der Waals surface area contributed by atoms with Gasteiger partial charge in [0, 0.05) is 50.5 Å². The molecule has 1 aliphatic rings. The highest BCUT2D eigenvalue weighted by molar-refractivity contribution is 5.87. The summed E-state index contributed by atoms with van der Waals surface area (Å²) in [5, 5.41) is 14.1. The fraction of sp³-hybridized carbons (Fsp3) is 0.393. The molecule has 0 atom stereocenters. The molecule has 9 nitrogen and oxygen atoms in total. The van der Waals surface area contributed by atoms with Gasteiger partial charge in [-0.2, -0.15) is 0 Å². The number of benzene rings is 2. The van der Waals surface area contributed by atoms with Crippen LogP contribution in [0.5, 0.6) is 0 Å². The smallest absolute Gasteiger partial charge is 0.256 e. The van der Waals surface area contributed by atoms with E-state index in [2.05, 4.69) is 27.9 Å². The van der Waals surface area contributed by atoms with Crippen LogP contribution in [-0.4, -0.2) is 71.7 Å². The molecule has 1 aromatic heterocycles. The van der Waals surface area contributed by atoms with Gasteiger partial charge >= 0.3 is 0 Å². The largest absolute Gasteiger partial charge is 0.376 e. The van der Waals surface area contributed by atoms with Gasteiger partial charge in [0.1, 0.15) is 6.54 Å². The number of likely N-dealkylation sites (N-methyl/N-ethyl adjacent to an activating group) is 2. The van der Waals surface area contributed by atoms with E-state index in [1.165, 1.54) is 11.1 Å². The zero-order valence-corrected chi connectivity index (χ0v) is 22.1. The number of carbonyl (C=O) groups excluding carboxylic acids is 2. The number of amides is 2. The summed E-state index contributed by atoms with van der Waals surface area (Å²) in [6.07, 6.45) is 0. The maximum absolute atomic E-state index is 13.3. The Bertz CT molecular complexity index is 1220. The second-order valence-electron chi connectivity index (χ2n) is 9.39. The standard InChI is InChI=1S/C28H36N6O3/c1-5-29-12-13-33(19-28(36)32(4)34-17-23-8-6-7-9-24(23)18-34)27(35)16-30-25-15-22(11-10-20(25)2)26-14-21(3)31-37-26/h6-11,14-15,29-30H,5,12-13,16-19H2,1-4H3. The van der Waals surface area contributed by atoms with E-state index in [9.17, 15) is 9.59 Å². The number of aromatic nitrogens is 1. The lowest BCUT2D eigenvalue weighted by Crippen LogP contribution is -2.49. The summed E-state index contributed by atoms with van der Waals surface area (Å²) in [5.74, 6) is 0.429. The van der Waals surface area contributed by atoms with Crippen molar-refractivity contribution in [1.29, 1.82) is 0 Å². The van der Waals surface area contributed by atoms with Crippen molar-refractivity contribution >= 4 is 17.5 Å². The minimum Gasteiger partial charge on any atom is -0.376 e. The number of hydrogen-bond donors (Lipinski definition) is 2. The van der Waals surface area contributed by atoms with Gasteiger partial charge in [-0.05, 0) is 43.1 Å². The summed E-state index contributed by atoms with van der Waals surface area (Å²) >= 11 is 0. The zero-order valence-electron chi connectivity index (χ0n) is 22.1. The highest BCUT2D eigenvalue weighted by atomic mass is 16.5. The Morgan fingerprint density at radius 2 is 1.78 bits per heavy atom. The van der Waals surface area contributed by atoms with Gasteiger partial charge in [0.2, 0.25) is 5.91 Å². The zero-order chi connectivity index (χ0) is 26.4. The first-order chi connectivity index (χ1) is 17.9. The third kappa shape index (κ3) is 6.55. The Morgan fingerprint density at radius 1 is 1.05 bits per heavy atom. The molecular weight excluding hydrogens is 468 g/mol. The lowest BCUT2D eigenvalue weighted by atomic mass is 10.1. The minimum atomic E-state index is -0.135. The Balaban J connectivity index is 1.39. The number of aryl methyl sites for hydroxylation is 2. The van der Waals surface area contributed by atoms with Gasteiger partial charge in [0.25, 0.3) is 5.91 Å². The number of anilines is 1. The molecule has 0 spiro atoms. The fourth-order valence-corrected chi connectivity index (χ4v) is 4.38. The molecule has 2 N–H and O–H groups in total. The summed E-state index contributed by atoms with van der Waals surface area (Å²) in [5.41, 5.74) is 5.99. The predicted molar refractivity (Wildman–Crippen MR) is 143 cm³/mol. The van der Waals surface area contributed by atoms with Crippen molar-refractivity contribution in [3.8, 4) is 11.3 Å². The van der Waals surface area contributed by atoms with E-state index in [1.807, 2.05) is 62.2 Å².